The van der Waals surface area contributed by atoms with Crippen molar-refractivity contribution in [3.63, 3.8) is 0 Å². The lowest BCUT2D eigenvalue weighted by Gasteiger charge is -2.29. The van der Waals surface area contributed by atoms with E-state index in [0.29, 0.717) is 46.9 Å². The fourth-order valence-corrected chi connectivity index (χ4v) is 5.01. The molecule has 0 saturated carbocycles. The summed E-state index contributed by atoms with van der Waals surface area (Å²) in [6, 6.07) is 11.5. The second-order valence-electron chi connectivity index (χ2n) is 10.5. The number of pyridine rings is 1. The van der Waals surface area contributed by atoms with Crippen LogP contribution in [0.25, 0.3) is 22.5 Å². The number of piperidine rings is 1. The molecule has 0 bridgehead atoms. The van der Waals surface area contributed by atoms with Crippen LogP contribution in [0, 0.1) is 18.3 Å². The highest BCUT2D eigenvalue weighted by Gasteiger charge is 2.21. The number of fused-ring (bicyclic) bond motifs is 1. The van der Waals surface area contributed by atoms with Crippen LogP contribution in [0.4, 0.5) is 6.01 Å². The van der Waals surface area contributed by atoms with Crippen LogP contribution in [0.1, 0.15) is 24.0 Å². The molecule has 9 heteroatoms. The molecule has 1 aromatic carbocycles. The predicted octanol–water partition coefficient (Wildman–Crippen LogP) is 5.27. The van der Waals surface area contributed by atoms with E-state index in [-0.39, 0.29) is 6.79 Å². The number of rotatable bonds is 9. The highest BCUT2D eigenvalue weighted by atomic mass is 28.3. The maximum atomic E-state index is 9.71. The van der Waals surface area contributed by atoms with Gasteiger partial charge in [0.25, 0.3) is 6.01 Å². The van der Waals surface area contributed by atoms with Crippen LogP contribution in [-0.2, 0) is 4.74 Å². The van der Waals surface area contributed by atoms with Crippen molar-refractivity contribution in [1.29, 1.82) is 5.26 Å². The molecule has 0 spiro atoms. The van der Waals surface area contributed by atoms with Gasteiger partial charge >= 0.3 is 0 Å². The van der Waals surface area contributed by atoms with Gasteiger partial charge in [0.1, 0.15) is 11.8 Å². The number of hydrogen-bond acceptors (Lipinski definition) is 8. The lowest BCUT2D eigenvalue weighted by atomic mass is 10.0. The minimum Gasteiger partial charge on any atom is -0.465 e. The van der Waals surface area contributed by atoms with E-state index < -0.39 is 8.07 Å². The van der Waals surface area contributed by atoms with Crippen molar-refractivity contribution < 1.29 is 13.9 Å². The van der Waals surface area contributed by atoms with Gasteiger partial charge in [-0.05, 0) is 63.2 Å². The normalized spacial score (nSPS) is 16.9. The van der Waals surface area contributed by atoms with Gasteiger partial charge in [-0.15, -0.1) is 0 Å². The molecule has 0 aliphatic carbocycles. The average molecular weight is 494 g/mol. The van der Waals surface area contributed by atoms with Crippen LogP contribution in [0.15, 0.2) is 28.7 Å². The van der Waals surface area contributed by atoms with E-state index >= 15 is 0 Å². The summed E-state index contributed by atoms with van der Waals surface area (Å²) in [5.74, 6) is 0.486. The third kappa shape index (κ3) is 6.39. The van der Waals surface area contributed by atoms with Crippen LogP contribution < -0.4 is 10.1 Å². The molecule has 1 atom stereocenters. The van der Waals surface area contributed by atoms with Crippen LogP contribution in [0.2, 0.25) is 25.7 Å². The zero-order valence-electron chi connectivity index (χ0n) is 21.4. The fraction of sp³-hybridized carbons (Fsp3) is 0.500. The molecule has 0 radical (unpaired) electrons. The molecule has 2 aromatic heterocycles. The SMILES string of the molecule is Cc1ccc(C#N)c(OCOCC[Si](C)(C)C)c1-c1ccc2oc(NC3CCCN(C)C3)nc2n1. The summed E-state index contributed by atoms with van der Waals surface area (Å²) in [5, 5.41) is 13.1. The Labute approximate surface area is 208 Å². The molecule has 0 amide bonds. The Kier molecular flexibility index (Phi) is 7.74. The third-order valence-corrected chi connectivity index (χ3v) is 7.94. The molecule has 8 nitrogen and oxygen atoms in total. The van der Waals surface area contributed by atoms with Gasteiger partial charge in [0.05, 0.1) is 11.3 Å². The van der Waals surface area contributed by atoms with E-state index in [1.54, 1.807) is 6.07 Å². The standard InChI is InChI=1S/C26H35N5O3Si/c1-18-8-9-19(15-27)24(33-17-32-13-14-35(3,4)5)23(18)21-10-11-22-25(29-21)30-26(34-22)28-20-7-6-12-31(2)16-20/h8-11,20H,6-7,12-14,16-17H2,1-5H3,(H,28,29,30). The molecule has 1 aliphatic rings. The first-order chi connectivity index (χ1) is 16.7. The number of nitrogens with zero attached hydrogens (tertiary/aromatic N) is 4. The lowest BCUT2D eigenvalue weighted by molar-refractivity contribution is 0.0222. The summed E-state index contributed by atoms with van der Waals surface area (Å²) >= 11 is 0. The molecule has 3 aromatic rings. The molecule has 1 N–H and O–H groups in total. The zero-order chi connectivity index (χ0) is 25.0. The van der Waals surface area contributed by atoms with Crippen molar-refractivity contribution in [2.24, 2.45) is 0 Å². The van der Waals surface area contributed by atoms with E-state index in [1.165, 1.54) is 0 Å². The number of likely N-dealkylation sites (tertiary alicyclic amines) is 1. The summed E-state index contributed by atoms with van der Waals surface area (Å²) in [5.41, 5.74) is 4.00. The molecule has 1 saturated heterocycles. The molecule has 1 aliphatic heterocycles. The van der Waals surface area contributed by atoms with Crippen molar-refractivity contribution in [1.82, 2.24) is 14.9 Å². The molecule has 1 unspecified atom stereocenters. The molecular weight excluding hydrogens is 458 g/mol. The molecule has 35 heavy (non-hydrogen) atoms. The second-order valence-corrected chi connectivity index (χ2v) is 16.1. The Morgan fingerprint density at radius 2 is 2.06 bits per heavy atom. The van der Waals surface area contributed by atoms with Gasteiger partial charge in [-0.1, -0.05) is 25.7 Å². The first-order valence-corrected chi connectivity index (χ1v) is 15.9. The van der Waals surface area contributed by atoms with Crippen LogP contribution in [-0.4, -0.2) is 62.5 Å². The number of nitriles is 1. The number of likely N-dealkylation sites (N-methyl/N-ethyl adjacent to an activating group) is 1. The minimum absolute atomic E-state index is 0.0890. The maximum Gasteiger partial charge on any atom is 0.297 e. The largest absolute Gasteiger partial charge is 0.465 e. The monoisotopic (exact) mass is 493 g/mol. The number of anilines is 1. The van der Waals surface area contributed by atoms with Crippen molar-refractivity contribution in [3.8, 4) is 23.1 Å². The molecule has 3 heterocycles. The van der Waals surface area contributed by atoms with Gasteiger partial charge in [-0.3, -0.25) is 0 Å². The summed E-state index contributed by atoms with van der Waals surface area (Å²) < 4.78 is 17.7. The molecule has 1 fully saturated rings. The summed E-state index contributed by atoms with van der Waals surface area (Å²) in [7, 11) is 0.942. The summed E-state index contributed by atoms with van der Waals surface area (Å²) in [4.78, 5) is 11.7. The van der Waals surface area contributed by atoms with Crippen molar-refractivity contribution >= 4 is 25.3 Å². The fourth-order valence-electron chi connectivity index (χ4n) is 4.25. The topological polar surface area (TPSA) is 96.4 Å². The number of benzene rings is 1. The van der Waals surface area contributed by atoms with Crippen LogP contribution in [0.3, 0.4) is 0 Å². The quantitative estimate of drug-likeness (QED) is 0.245. The van der Waals surface area contributed by atoms with E-state index in [9.17, 15) is 5.26 Å². The first kappa shape index (κ1) is 25.2. The van der Waals surface area contributed by atoms with Gasteiger partial charge < -0.3 is 24.1 Å². The first-order valence-electron chi connectivity index (χ1n) is 12.2. The van der Waals surface area contributed by atoms with E-state index in [0.717, 1.165) is 43.1 Å². The number of hydrogen-bond donors (Lipinski definition) is 1. The van der Waals surface area contributed by atoms with Gasteiger partial charge in [0.15, 0.2) is 12.4 Å². The van der Waals surface area contributed by atoms with Crippen LogP contribution >= 0.6 is 0 Å². The van der Waals surface area contributed by atoms with Crippen molar-refractivity contribution in [2.45, 2.75) is 51.5 Å². The Morgan fingerprint density at radius 3 is 2.80 bits per heavy atom. The van der Waals surface area contributed by atoms with Gasteiger partial charge in [0.2, 0.25) is 5.65 Å². The Morgan fingerprint density at radius 1 is 1.23 bits per heavy atom. The Balaban J connectivity index is 1.56. The second kappa shape index (κ2) is 10.8. The smallest absolute Gasteiger partial charge is 0.297 e. The lowest BCUT2D eigenvalue weighted by Crippen LogP contribution is -2.39. The maximum absolute atomic E-state index is 9.71. The number of aromatic nitrogens is 2. The Bertz CT molecular complexity index is 1210. The van der Waals surface area contributed by atoms with Gasteiger partial charge in [-0.2, -0.15) is 10.2 Å². The van der Waals surface area contributed by atoms with Gasteiger partial charge in [-0.25, -0.2) is 4.98 Å². The number of nitrogens with one attached hydrogen (secondary N) is 1. The average Bonchev–Trinajstić information content (AvgIpc) is 3.19. The summed E-state index contributed by atoms with van der Waals surface area (Å²) in [6.07, 6.45) is 2.23. The highest BCUT2D eigenvalue weighted by molar-refractivity contribution is 6.76. The predicted molar refractivity (Wildman–Crippen MR) is 140 cm³/mol. The van der Waals surface area contributed by atoms with E-state index in [1.807, 2.05) is 25.1 Å². The Hall–Kier alpha value is -2.93. The summed E-state index contributed by atoms with van der Waals surface area (Å²) in [6.45, 7) is 11.7. The van der Waals surface area contributed by atoms with Crippen molar-refractivity contribution in [2.75, 3.05) is 38.9 Å². The number of aryl methyl sites for hydroxylation is 1. The molecular formula is C26H35N5O3Si. The minimum atomic E-state index is -1.19. The molecule has 4 rings (SSSR count). The molecule has 186 valence electrons. The highest BCUT2D eigenvalue weighted by Crippen LogP contribution is 2.36. The van der Waals surface area contributed by atoms with Gasteiger partial charge in [0, 0.05) is 32.8 Å². The van der Waals surface area contributed by atoms with Crippen molar-refractivity contribution in [3.05, 3.63) is 35.4 Å². The van der Waals surface area contributed by atoms with E-state index in [4.69, 9.17) is 18.9 Å². The van der Waals surface area contributed by atoms with E-state index in [2.05, 4.69) is 48.0 Å². The third-order valence-electron chi connectivity index (χ3n) is 6.23. The van der Waals surface area contributed by atoms with Crippen LogP contribution in [0.5, 0.6) is 5.75 Å². The zero-order valence-corrected chi connectivity index (χ0v) is 22.4. The number of ether oxygens (including phenoxy) is 2. The number of oxazole rings is 1.